The van der Waals surface area contributed by atoms with E-state index in [1.54, 1.807) is 3.81 Å². The Labute approximate surface area is 205 Å². The minimum Gasteiger partial charge on any atom is -0.508 e. The number of aromatic hydroxyl groups is 1. The van der Waals surface area contributed by atoms with Crippen molar-refractivity contribution < 1.29 is 25.1 Å². The third kappa shape index (κ3) is 13.0. The predicted molar refractivity (Wildman–Crippen MR) is 136 cm³/mol. The first-order valence-electron chi connectivity index (χ1n) is 9.96. The van der Waals surface area contributed by atoms with Gasteiger partial charge in [0.1, 0.15) is 5.75 Å². The van der Waals surface area contributed by atoms with Gasteiger partial charge in [-0.2, -0.15) is 6.08 Å². The molecule has 0 amide bonds. The van der Waals surface area contributed by atoms with Crippen LogP contribution in [0.15, 0.2) is 35.9 Å². The summed E-state index contributed by atoms with van der Waals surface area (Å²) < 4.78 is 1.59. The van der Waals surface area contributed by atoms with Crippen molar-refractivity contribution in [1.82, 2.24) is 0 Å². The topological polar surface area (TPSA) is 20.2 Å². The van der Waals surface area contributed by atoms with Crippen molar-refractivity contribution in [3.05, 3.63) is 47.6 Å². The van der Waals surface area contributed by atoms with Crippen molar-refractivity contribution in [1.29, 1.82) is 0 Å². The first-order chi connectivity index (χ1) is 12.3. The molecule has 0 aliphatic heterocycles. The van der Waals surface area contributed by atoms with Crippen LogP contribution in [-0.4, -0.2) is 17.0 Å². The van der Waals surface area contributed by atoms with Crippen LogP contribution in [0.25, 0.3) is 0 Å². The molecule has 5 heteroatoms. The minimum absolute atomic E-state index is 0. The Hall–Kier alpha value is -0.119. The first kappa shape index (κ1) is 33.5. The molecule has 29 heavy (non-hydrogen) atoms. The molecule has 1 aromatic carbocycles. The van der Waals surface area contributed by atoms with Crippen molar-refractivity contribution in [2.45, 2.75) is 85.9 Å². The zero-order valence-corrected chi connectivity index (χ0v) is 24.0. The van der Waals surface area contributed by atoms with Crippen molar-refractivity contribution in [2.75, 3.05) is 0 Å². The Bertz CT molecular complexity index is 645. The quantitative estimate of drug-likeness (QED) is 0.343. The number of allylic oxidation sites excluding steroid dienone is 4. The van der Waals surface area contributed by atoms with Crippen LogP contribution < -0.4 is 5.19 Å². The second kappa shape index (κ2) is 15.6. The number of rotatable bonds is 3. The Morgan fingerprint density at radius 1 is 1.07 bits per heavy atom. The van der Waals surface area contributed by atoms with Gasteiger partial charge >= 0.3 is 50.5 Å². The normalized spacial score (nSPS) is 12.3. The maximum Gasteiger partial charge on any atom is 0.115 e. The molecular formula is C24H41Cl2OSiTi. The summed E-state index contributed by atoms with van der Waals surface area (Å²) in [6.45, 7) is 20.1. The van der Waals surface area contributed by atoms with Gasteiger partial charge in [-0.15, -0.1) is 31.2 Å². The van der Waals surface area contributed by atoms with E-state index in [-0.39, 0.29) is 24.8 Å². The predicted octanol–water partition coefficient (Wildman–Crippen LogP) is 7.48. The van der Waals surface area contributed by atoms with Crippen molar-refractivity contribution in [2.24, 2.45) is 0 Å². The first-order valence-corrected chi connectivity index (χ1v) is 13.7. The zero-order valence-electron chi connectivity index (χ0n) is 19.8. The van der Waals surface area contributed by atoms with Crippen LogP contribution in [0.4, 0.5) is 0 Å². The standard InChI is InChI=1S/C13H22OSi.C6H7.C5H10.2ClH.Ti/c1-10-7-11(14)9-12(8-10)15(5,6)13(2,3)4;1-6-4-2-3-5-6;1-3-5-4-2;;;/h7-9,14H,1-6H3;2,4H,3H2,1H3;3-4H2,1-2H3;2*1H;/q;-1;;;;+1. The molecule has 0 atom stereocenters. The van der Waals surface area contributed by atoms with Crippen molar-refractivity contribution in [3.8, 4) is 5.75 Å². The van der Waals surface area contributed by atoms with Gasteiger partial charge in [0.25, 0.3) is 0 Å². The van der Waals surface area contributed by atoms with E-state index in [0.29, 0.717) is 10.8 Å². The number of benzene rings is 1. The Morgan fingerprint density at radius 3 is 1.83 bits per heavy atom. The molecule has 2 rings (SSSR count). The number of phenols is 1. The maximum absolute atomic E-state index is 9.65. The third-order valence-corrected chi connectivity index (χ3v) is 12.0. The molecule has 0 fully saturated rings. The Kier molecular flexibility index (Phi) is 18.1. The molecule has 0 saturated carbocycles. The van der Waals surface area contributed by atoms with Gasteiger partial charge in [0.15, 0.2) is 0 Å². The molecule has 1 N–H and O–H groups in total. The third-order valence-electron chi connectivity index (χ3n) is 5.38. The maximum atomic E-state index is 9.65. The fourth-order valence-electron chi connectivity index (χ4n) is 2.32. The average molecular weight is 492 g/mol. The van der Waals surface area contributed by atoms with E-state index in [4.69, 9.17) is 0 Å². The van der Waals surface area contributed by atoms with Crippen molar-refractivity contribution in [3.63, 3.8) is 0 Å². The van der Waals surface area contributed by atoms with E-state index in [2.05, 4.69) is 98.9 Å². The van der Waals surface area contributed by atoms with E-state index in [1.807, 2.05) is 19.1 Å². The fourth-order valence-corrected chi connectivity index (χ4v) is 4.28. The molecule has 0 saturated heterocycles. The smallest absolute Gasteiger partial charge is 0.115 e. The molecule has 0 unspecified atom stereocenters. The van der Waals surface area contributed by atoms with Gasteiger partial charge in [0.05, 0.1) is 8.07 Å². The van der Waals surface area contributed by atoms with E-state index in [0.717, 1.165) is 12.0 Å². The van der Waals surface area contributed by atoms with Gasteiger partial charge in [-0.1, -0.05) is 52.0 Å². The SMILES string of the molecule is CC1=[C-]CC=C1.CC[C](=[Ti+])CC.Cc1cc(O)cc([Si](C)(C)C(C)(C)C)c1.Cl.Cl. The van der Waals surface area contributed by atoms with Crippen LogP contribution in [0.3, 0.4) is 0 Å². The number of aryl methyl sites for hydroxylation is 1. The van der Waals surface area contributed by atoms with Gasteiger partial charge in [-0.25, -0.2) is 11.6 Å². The molecular weight excluding hydrogens is 451 g/mol. The molecule has 1 aliphatic rings. The largest absolute Gasteiger partial charge is 0.508 e. The summed E-state index contributed by atoms with van der Waals surface area (Å²) in [4.78, 5) is 0. The van der Waals surface area contributed by atoms with Crippen LogP contribution >= 0.6 is 24.8 Å². The number of phenolic OH excluding ortho intramolecular Hbond substituents is 1. The number of hydrogen-bond donors (Lipinski definition) is 1. The van der Waals surface area contributed by atoms with Gasteiger partial charge in [-0.05, 0) is 29.7 Å². The monoisotopic (exact) mass is 491 g/mol. The zero-order chi connectivity index (χ0) is 21.3. The average Bonchev–Trinajstić information content (AvgIpc) is 3.04. The van der Waals surface area contributed by atoms with E-state index >= 15 is 0 Å². The molecule has 1 aromatic rings. The van der Waals surface area contributed by atoms with Gasteiger partial charge < -0.3 is 5.11 Å². The summed E-state index contributed by atoms with van der Waals surface area (Å²) in [5.41, 5.74) is 2.42. The molecule has 165 valence electrons. The number of hydrogen-bond acceptors (Lipinski definition) is 1. The Morgan fingerprint density at radius 2 is 1.59 bits per heavy atom. The summed E-state index contributed by atoms with van der Waals surface area (Å²) in [6, 6.07) is 5.97. The summed E-state index contributed by atoms with van der Waals surface area (Å²) in [7, 11) is -1.50. The van der Waals surface area contributed by atoms with E-state index < -0.39 is 8.07 Å². The molecule has 1 nitrogen and oxygen atoms in total. The molecule has 0 radical (unpaired) electrons. The Balaban J connectivity index is -0.000000403. The van der Waals surface area contributed by atoms with Crippen molar-refractivity contribution >= 4 is 41.9 Å². The molecule has 0 heterocycles. The van der Waals surface area contributed by atoms with Crippen LogP contribution in [-0.2, 0) is 20.0 Å². The molecule has 0 aromatic heterocycles. The van der Waals surface area contributed by atoms with Crippen LogP contribution in [0.5, 0.6) is 5.75 Å². The molecule has 0 spiro atoms. The van der Waals surface area contributed by atoms with Crippen LogP contribution in [0.2, 0.25) is 18.1 Å². The van der Waals surface area contributed by atoms with Crippen LogP contribution in [0, 0.1) is 13.0 Å². The molecule has 1 aliphatic carbocycles. The fraction of sp³-hybridized carbons (Fsp3) is 0.542. The molecule has 0 bridgehead atoms. The summed E-state index contributed by atoms with van der Waals surface area (Å²) in [5.74, 6) is 0.398. The van der Waals surface area contributed by atoms with E-state index in [1.165, 1.54) is 23.6 Å². The summed E-state index contributed by atoms with van der Waals surface area (Å²) in [6.07, 6.45) is 10.8. The van der Waals surface area contributed by atoms with Crippen LogP contribution in [0.1, 0.15) is 66.4 Å². The summed E-state index contributed by atoms with van der Waals surface area (Å²) in [5, 5.41) is 11.3. The van der Waals surface area contributed by atoms with E-state index in [9.17, 15) is 5.11 Å². The second-order valence-electron chi connectivity index (χ2n) is 8.71. The van der Waals surface area contributed by atoms with Gasteiger partial charge in [-0.3, -0.25) is 6.08 Å². The summed E-state index contributed by atoms with van der Waals surface area (Å²) >= 11 is 2.19. The minimum atomic E-state index is -1.50. The number of halogens is 2. The second-order valence-corrected chi connectivity index (χ2v) is 15.1. The van der Waals surface area contributed by atoms with Gasteiger partial charge in [0.2, 0.25) is 0 Å². The van der Waals surface area contributed by atoms with Gasteiger partial charge in [0, 0.05) is 0 Å².